The maximum atomic E-state index is 4.09. The quantitative estimate of drug-likeness (QED) is 0.260. The predicted octanol–water partition coefficient (Wildman–Crippen LogP) is -1.33. The maximum Gasteiger partial charge on any atom is 0.0895 e. The SMILES string of the molecule is CC(C)N=C=NCCC[N+](C)(C)C.[I-]. The van der Waals surface area contributed by atoms with E-state index in [1.165, 1.54) is 0 Å². The largest absolute Gasteiger partial charge is 1.00 e. The van der Waals surface area contributed by atoms with Gasteiger partial charge >= 0.3 is 0 Å². The van der Waals surface area contributed by atoms with Crippen molar-refractivity contribution >= 4 is 6.01 Å². The number of hydrogen-bond acceptors (Lipinski definition) is 2. The highest BCUT2D eigenvalue weighted by Gasteiger charge is 2.04. The monoisotopic (exact) mass is 311 g/mol. The summed E-state index contributed by atoms with van der Waals surface area (Å²) in [6, 6.07) is 3.02. The summed E-state index contributed by atoms with van der Waals surface area (Å²) in [6.45, 7) is 6.03. The van der Waals surface area contributed by atoms with Gasteiger partial charge in [0.2, 0.25) is 0 Å². The summed E-state index contributed by atoms with van der Waals surface area (Å²) < 4.78 is 0.997. The van der Waals surface area contributed by atoms with Gasteiger partial charge in [-0.1, -0.05) is 0 Å². The minimum Gasteiger partial charge on any atom is -1.00 e. The van der Waals surface area contributed by atoms with Gasteiger partial charge in [-0.25, -0.2) is 9.98 Å². The molecule has 84 valence electrons. The summed E-state index contributed by atoms with van der Waals surface area (Å²) in [5, 5.41) is 0. The van der Waals surface area contributed by atoms with Crippen molar-refractivity contribution in [2.75, 3.05) is 34.2 Å². The summed E-state index contributed by atoms with van der Waals surface area (Å²) in [6.07, 6.45) is 1.10. The van der Waals surface area contributed by atoms with E-state index in [-0.39, 0.29) is 24.0 Å². The Kier molecular flexibility index (Phi) is 9.88. The van der Waals surface area contributed by atoms with Crippen molar-refractivity contribution in [1.82, 2.24) is 0 Å². The van der Waals surface area contributed by atoms with Gasteiger partial charge in [0.15, 0.2) is 0 Å². The summed E-state index contributed by atoms with van der Waals surface area (Å²) in [5.41, 5.74) is 0. The third kappa shape index (κ3) is 14.6. The minimum absolute atomic E-state index is 0. The Labute approximate surface area is 105 Å². The zero-order valence-corrected chi connectivity index (χ0v) is 12.1. The fourth-order valence-electron chi connectivity index (χ4n) is 0.830. The van der Waals surface area contributed by atoms with Crippen molar-refractivity contribution in [2.45, 2.75) is 26.3 Å². The second-order valence-electron chi connectivity index (χ2n) is 4.57. The third-order valence-electron chi connectivity index (χ3n) is 1.49. The molecule has 0 bridgehead atoms. The van der Waals surface area contributed by atoms with Gasteiger partial charge in [0, 0.05) is 6.42 Å². The van der Waals surface area contributed by atoms with E-state index in [2.05, 4.69) is 37.1 Å². The van der Waals surface area contributed by atoms with E-state index in [4.69, 9.17) is 0 Å². The molecule has 0 aromatic heterocycles. The second-order valence-corrected chi connectivity index (χ2v) is 4.57. The summed E-state index contributed by atoms with van der Waals surface area (Å²) in [5.74, 6) is 0. The van der Waals surface area contributed by atoms with Crippen LogP contribution in [0.5, 0.6) is 0 Å². The van der Waals surface area contributed by atoms with E-state index < -0.39 is 0 Å². The summed E-state index contributed by atoms with van der Waals surface area (Å²) in [7, 11) is 6.56. The minimum atomic E-state index is 0. The van der Waals surface area contributed by atoms with E-state index >= 15 is 0 Å². The van der Waals surface area contributed by atoms with Crippen LogP contribution >= 0.6 is 0 Å². The van der Waals surface area contributed by atoms with Gasteiger partial charge in [-0.05, 0) is 13.8 Å². The van der Waals surface area contributed by atoms with Crippen LogP contribution in [0, 0.1) is 0 Å². The van der Waals surface area contributed by atoms with Crippen molar-refractivity contribution in [3.8, 4) is 0 Å². The molecule has 0 saturated heterocycles. The molecule has 0 heterocycles. The highest BCUT2D eigenvalue weighted by Crippen LogP contribution is 1.93. The highest BCUT2D eigenvalue weighted by molar-refractivity contribution is 5.41. The van der Waals surface area contributed by atoms with Gasteiger partial charge in [-0.3, -0.25) is 0 Å². The van der Waals surface area contributed by atoms with Crippen molar-refractivity contribution in [1.29, 1.82) is 0 Å². The van der Waals surface area contributed by atoms with Crippen LogP contribution in [0.2, 0.25) is 0 Å². The van der Waals surface area contributed by atoms with Crippen molar-refractivity contribution in [3.63, 3.8) is 0 Å². The highest BCUT2D eigenvalue weighted by atomic mass is 127. The summed E-state index contributed by atoms with van der Waals surface area (Å²) >= 11 is 0. The first-order chi connectivity index (χ1) is 5.92. The van der Waals surface area contributed by atoms with Crippen LogP contribution in [0.3, 0.4) is 0 Å². The third-order valence-corrected chi connectivity index (χ3v) is 1.49. The fourth-order valence-corrected chi connectivity index (χ4v) is 0.830. The second kappa shape index (κ2) is 8.38. The van der Waals surface area contributed by atoms with E-state index in [1.807, 2.05) is 13.8 Å². The zero-order chi connectivity index (χ0) is 10.3. The molecule has 0 aliphatic rings. The Morgan fingerprint density at radius 3 is 2.21 bits per heavy atom. The number of rotatable bonds is 5. The Balaban J connectivity index is 0. The van der Waals surface area contributed by atoms with E-state index in [9.17, 15) is 0 Å². The lowest BCUT2D eigenvalue weighted by Crippen LogP contribution is -3.00. The van der Waals surface area contributed by atoms with Crippen LogP contribution < -0.4 is 24.0 Å². The molecule has 0 rings (SSSR count). The van der Waals surface area contributed by atoms with Crippen molar-refractivity contribution in [2.24, 2.45) is 9.98 Å². The Hall–Kier alpha value is 0.0700. The van der Waals surface area contributed by atoms with Crippen LogP contribution in [0.15, 0.2) is 9.98 Å². The Morgan fingerprint density at radius 2 is 1.79 bits per heavy atom. The standard InChI is InChI=1S/C10H22N3.HI/c1-10(2)12-9-11-7-6-8-13(3,4)5;/h10H,6-8H2,1-5H3;1H/q+1;/p-1. The van der Waals surface area contributed by atoms with Gasteiger partial charge in [0.05, 0.1) is 46.3 Å². The average Bonchev–Trinajstić information content (AvgIpc) is 1.93. The molecular weight excluding hydrogens is 289 g/mol. The first kappa shape index (κ1) is 16.5. The molecular formula is C10H22IN3. The van der Waals surface area contributed by atoms with Gasteiger partial charge in [-0.2, -0.15) is 0 Å². The predicted molar refractivity (Wildman–Crippen MR) is 57.4 cm³/mol. The number of nitrogens with zero attached hydrogens (tertiary/aromatic N) is 3. The van der Waals surface area contributed by atoms with Crippen LogP contribution in [-0.4, -0.2) is 50.8 Å². The number of hydrogen-bond donors (Lipinski definition) is 0. The van der Waals surface area contributed by atoms with E-state index in [1.54, 1.807) is 0 Å². The molecule has 0 spiro atoms. The van der Waals surface area contributed by atoms with Gasteiger partial charge in [0.1, 0.15) is 0 Å². The van der Waals surface area contributed by atoms with Gasteiger partial charge in [0.25, 0.3) is 0 Å². The molecule has 14 heavy (non-hydrogen) atoms. The van der Waals surface area contributed by atoms with Gasteiger partial charge < -0.3 is 28.5 Å². The number of quaternary nitrogens is 1. The number of halogens is 1. The topological polar surface area (TPSA) is 24.7 Å². The van der Waals surface area contributed by atoms with Gasteiger partial charge in [-0.15, -0.1) is 0 Å². The first-order valence-electron chi connectivity index (χ1n) is 4.83. The molecule has 0 saturated carbocycles. The Bertz CT molecular complexity index is 188. The molecule has 0 fully saturated rings. The molecule has 0 aliphatic heterocycles. The lowest BCUT2D eigenvalue weighted by atomic mass is 10.4. The Morgan fingerprint density at radius 1 is 1.21 bits per heavy atom. The molecule has 3 nitrogen and oxygen atoms in total. The van der Waals surface area contributed by atoms with Crippen LogP contribution in [0.4, 0.5) is 0 Å². The van der Waals surface area contributed by atoms with E-state index in [0.717, 1.165) is 24.0 Å². The molecule has 0 radical (unpaired) electrons. The number of aliphatic imine (C=N–C) groups is 2. The molecule has 0 aliphatic carbocycles. The lowest BCUT2D eigenvalue weighted by molar-refractivity contribution is -0.870. The molecule has 0 atom stereocenters. The smallest absolute Gasteiger partial charge is 0.0895 e. The first-order valence-corrected chi connectivity index (χ1v) is 4.83. The lowest BCUT2D eigenvalue weighted by Gasteiger charge is -2.22. The normalized spacial score (nSPS) is 10.4. The fraction of sp³-hybridized carbons (Fsp3) is 0.900. The van der Waals surface area contributed by atoms with Crippen molar-refractivity contribution < 1.29 is 28.5 Å². The summed E-state index contributed by atoms with van der Waals surface area (Å²) in [4.78, 5) is 8.12. The molecule has 0 unspecified atom stereocenters. The van der Waals surface area contributed by atoms with Crippen LogP contribution in [-0.2, 0) is 0 Å². The van der Waals surface area contributed by atoms with Crippen LogP contribution in [0.1, 0.15) is 20.3 Å². The average molecular weight is 311 g/mol. The van der Waals surface area contributed by atoms with Crippen LogP contribution in [0.25, 0.3) is 0 Å². The van der Waals surface area contributed by atoms with E-state index in [0.29, 0.717) is 6.04 Å². The molecule has 0 amide bonds. The molecule has 0 N–H and O–H groups in total. The molecule has 0 aromatic carbocycles. The zero-order valence-electron chi connectivity index (χ0n) is 9.92. The molecule has 4 heteroatoms. The molecule has 0 aromatic rings. The van der Waals surface area contributed by atoms with Crippen molar-refractivity contribution in [3.05, 3.63) is 0 Å². The maximum absolute atomic E-state index is 4.09.